The van der Waals surface area contributed by atoms with Gasteiger partial charge in [-0.1, -0.05) is 17.4 Å². The van der Waals surface area contributed by atoms with Crippen LogP contribution in [-0.4, -0.2) is 60.6 Å². The molecule has 0 atom stereocenters. The molecule has 0 radical (unpaired) electrons. The largest absolute Gasteiger partial charge is 0.363 e. The van der Waals surface area contributed by atoms with Crippen LogP contribution in [0.2, 0.25) is 0 Å². The predicted octanol–water partition coefficient (Wildman–Crippen LogP) is 2.30. The summed E-state index contributed by atoms with van der Waals surface area (Å²) in [5, 5.41) is 8.18. The van der Waals surface area contributed by atoms with Gasteiger partial charge in [0.15, 0.2) is 3.95 Å². The fourth-order valence-corrected chi connectivity index (χ4v) is 5.27. The number of hydrogen-bond acceptors (Lipinski definition) is 7. The lowest BCUT2D eigenvalue weighted by Crippen LogP contribution is -2.48. The van der Waals surface area contributed by atoms with Gasteiger partial charge in [0.1, 0.15) is 0 Å². The van der Waals surface area contributed by atoms with Crippen LogP contribution in [0.3, 0.4) is 0 Å². The molecule has 1 fully saturated rings. The van der Waals surface area contributed by atoms with Gasteiger partial charge in [-0.15, -0.1) is 5.10 Å². The Morgan fingerprint density at radius 3 is 2.46 bits per heavy atom. The van der Waals surface area contributed by atoms with Crippen LogP contribution in [0.4, 0.5) is 5.13 Å². The predicted molar refractivity (Wildman–Crippen MR) is 107 cm³/mol. The maximum atomic E-state index is 12.9. The molecular formula is C16H23N5O2S3. The Kier molecular flexibility index (Phi) is 5.78. The van der Waals surface area contributed by atoms with Crippen molar-refractivity contribution in [2.45, 2.75) is 25.4 Å². The second-order valence-corrected chi connectivity index (χ2v) is 9.89. The van der Waals surface area contributed by atoms with E-state index >= 15 is 0 Å². The second-order valence-electron chi connectivity index (χ2n) is 6.33. The molecule has 1 aliphatic heterocycles. The minimum absolute atomic E-state index is 0.370. The highest BCUT2D eigenvalue weighted by Crippen LogP contribution is 2.21. The van der Waals surface area contributed by atoms with Gasteiger partial charge < -0.3 is 5.32 Å². The first-order valence-corrected chi connectivity index (χ1v) is 11.0. The van der Waals surface area contributed by atoms with E-state index in [0.717, 1.165) is 16.3 Å². The smallest absolute Gasteiger partial charge is 0.243 e. The van der Waals surface area contributed by atoms with E-state index in [0.29, 0.717) is 41.7 Å². The Morgan fingerprint density at radius 1 is 1.19 bits per heavy atom. The second kappa shape index (κ2) is 7.73. The van der Waals surface area contributed by atoms with E-state index in [2.05, 4.69) is 15.3 Å². The zero-order valence-electron chi connectivity index (χ0n) is 15.1. The van der Waals surface area contributed by atoms with Gasteiger partial charge in [-0.05, 0) is 49.3 Å². The van der Waals surface area contributed by atoms with E-state index in [-0.39, 0.29) is 0 Å². The van der Waals surface area contributed by atoms with E-state index in [9.17, 15) is 8.42 Å². The number of aryl methyl sites for hydroxylation is 2. The molecular weight excluding hydrogens is 390 g/mol. The first-order valence-electron chi connectivity index (χ1n) is 8.37. The molecule has 0 unspecified atom stereocenters. The Balaban J connectivity index is 1.66. The zero-order chi connectivity index (χ0) is 18.9. The summed E-state index contributed by atoms with van der Waals surface area (Å²) in [6.45, 7) is 6.72. The molecule has 1 aromatic carbocycles. The van der Waals surface area contributed by atoms with Crippen molar-refractivity contribution in [3.05, 3.63) is 33.3 Å². The number of benzene rings is 1. The fraction of sp³-hybridized carbons (Fsp3) is 0.500. The average Bonchev–Trinajstić information content (AvgIpc) is 2.97. The molecule has 142 valence electrons. The Labute approximate surface area is 163 Å². The van der Waals surface area contributed by atoms with Crippen LogP contribution in [0, 0.1) is 17.8 Å². The third-order valence-electron chi connectivity index (χ3n) is 4.60. The van der Waals surface area contributed by atoms with E-state index in [1.807, 2.05) is 27.0 Å². The molecule has 26 heavy (non-hydrogen) atoms. The SMILES string of the molecule is CNc1nn(CN2CCN(S(=O)(=O)c3ccc(C)c(C)c3)CC2)c(=S)s1. The molecule has 0 aliphatic carbocycles. The summed E-state index contributed by atoms with van der Waals surface area (Å²) in [5.74, 6) is 0. The molecule has 0 amide bonds. The summed E-state index contributed by atoms with van der Waals surface area (Å²) in [5.41, 5.74) is 2.08. The molecule has 0 saturated carbocycles. The molecule has 2 heterocycles. The Hall–Kier alpha value is -1.33. The number of aromatic nitrogens is 2. The van der Waals surface area contributed by atoms with Gasteiger partial charge in [-0.3, -0.25) is 4.90 Å². The van der Waals surface area contributed by atoms with Crippen LogP contribution in [0.25, 0.3) is 0 Å². The number of nitrogens with zero attached hydrogens (tertiary/aromatic N) is 4. The van der Waals surface area contributed by atoms with Crippen molar-refractivity contribution < 1.29 is 8.42 Å². The lowest BCUT2D eigenvalue weighted by molar-refractivity contribution is 0.145. The Morgan fingerprint density at radius 2 is 1.88 bits per heavy atom. The van der Waals surface area contributed by atoms with E-state index in [4.69, 9.17) is 12.2 Å². The molecule has 3 rings (SSSR count). The van der Waals surface area contributed by atoms with Crippen molar-refractivity contribution >= 4 is 38.7 Å². The molecule has 0 spiro atoms. The molecule has 2 aromatic rings. The van der Waals surface area contributed by atoms with Crippen molar-refractivity contribution in [3.8, 4) is 0 Å². The number of rotatable bonds is 5. The van der Waals surface area contributed by atoms with Gasteiger partial charge in [0.05, 0.1) is 11.6 Å². The standard InChI is InChI=1S/C16H23N5O2S3/c1-12-4-5-14(10-13(12)2)26(22,23)20-8-6-19(7-9-20)11-21-16(24)25-15(17-3)18-21/h4-5,10H,6-9,11H2,1-3H3,(H,17,18). The van der Waals surface area contributed by atoms with Crippen LogP contribution in [-0.2, 0) is 16.7 Å². The zero-order valence-corrected chi connectivity index (χ0v) is 17.5. The molecule has 0 bridgehead atoms. The summed E-state index contributed by atoms with van der Waals surface area (Å²) in [4.78, 5) is 2.54. The highest BCUT2D eigenvalue weighted by atomic mass is 32.2. The van der Waals surface area contributed by atoms with Crippen LogP contribution >= 0.6 is 23.6 Å². The van der Waals surface area contributed by atoms with E-state index in [1.54, 1.807) is 21.1 Å². The minimum Gasteiger partial charge on any atom is -0.363 e. The maximum absolute atomic E-state index is 12.9. The summed E-state index contributed by atoms with van der Waals surface area (Å²) in [6, 6.07) is 5.31. The number of nitrogens with one attached hydrogen (secondary N) is 1. The topological polar surface area (TPSA) is 70.5 Å². The molecule has 1 aromatic heterocycles. The van der Waals surface area contributed by atoms with E-state index < -0.39 is 10.0 Å². The summed E-state index contributed by atoms with van der Waals surface area (Å²) < 4.78 is 29.8. The highest BCUT2D eigenvalue weighted by molar-refractivity contribution is 7.89. The Bertz CT molecular complexity index is 943. The summed E-state index contributed by atoms with van der Waals surface area (Å²) in [7, 11) is -1.64. The van der Waals surface area contributed by atoms with Crippen LogP contribution in [0.5, 0.6) is 0 Å². The monoisotopic (exact) mass is 413 g/mol. The maximum Gasteiger partial charge on any atom is 0.243 e. The van der Waals surface area contributed by atoms with Gasteiger partial charge in [0, 0.05) is 33.2 Å². The summed E-state index contributed by atoms with van der Waals surface area (Å²) >= 11 is 6.75. The highest BCUT2D eigenvalue weighted by Gasteiger charge is 2.28. The van der Waals surface area contributed by atoms with Gasteiger partial charge in [-0.2, -0.15) is 4.31 Å². The first kappa shape index (κ1) is 19.4. The first-order chi connectivity index (χ1) is 12.3. The average molecular weight is 414 g/mol. The molecule has 1 aliphatic rings. The van der Waals surface area contributed by atoms with Gasteiger partial charge in [0.25, 0.3) is 0 Å². The lowest BCUT2D eigenvalue weighted by atomic mass is 10.1. The minimum atomic E-state index is -3.45. The van der Waals surface area contributed by atoms with Crippen molar-refractivity contribution in [1.82, 2.24) is 19.0 Å². The van der Waals surface area contributed by atoms with Crippen molar-refractivity contribution in [2.75, 3.05) is 38.5 Å². The quantitative estimate of drug-likeness (QED) is 0.759. The van der Waals surface area contributed by atoms with Crippen molar-refractivity contribution in [2.24, 2.45) is 0 Å². The fourth-order valence-electron chi connectivity index (χ4n) is 2.82. The molecule has 1 N–H and O–H groups in total. The number of piperazine rings is 1. The molecule has 10 heteroatoms. The van der Waals surface area contributed by atoms with Gasteiger partial charge in [0.2, 0.25) is 15.2 Å². The van der Waals surface area contributed by atoms with Crippen LogP contribution in [0.15, 0.2) is 23.1 Å². The van der Waals surface area contributed by atoms with E-state index in [1.165, 1.54) is 11.3 Å². The van der Waals surface area contributed by atoms with Gasteiger partial charge >= 0.3 is 0 Å². The normalized spacial score (nSPS) is 16.7. The third kappa shape index (κ3) is 3.99. The number of hydrogen-bond donors (Lipinski definition) is 1. The van der Waals surface area contributed by atoms with Crippen molar-refractivity contribution in [3.63, 3.8) is 0 Å². The molecule has 7 nitrogen and oxygen atoms in total. The third-order valence-corrected chi connectivity index (χ3v) is 7.82. The van der Waals surface area contributed by atoms with Crippen LogP contribution in [0.1, 0.15) is 11.1 Å². The summed E-state index contributed by atoms with van der Waals surface area (Å²) in [6.07, 6.45) is 0. The number of sulfonamides is 1. The van der Waals surface area contributed by atoms with Gasteiger partial charge in [-0.25, -0.2) is 13.1 Å². The van der Waals surface area contributed by atoms with Crippen LogP contribution < -0.4 is 5.32 Å². The lowest BCUT2D eigenvalue weighted by Gasteiger charge is -2.33. The molecule has 1 saturated heterocycles. The van der Waals surface area contributed by atoms with Crippen molar-refractivity contribution in [1.29, 1.82) is 0 Å². The number of anilines is 1.